The van der Waals surface area contributed by atoms with E-state index >= 15 is 0 Å². The van der Waals surface area contributed by atoms with Crippen LogP contribution in [-0.2, 0) is 10.8 Å². The molecule has 10 rings (SSSR count). The van der Waals surface area contributed by atoms with Crippen LogP contribution < -0.4 is 9.80 Å². The van der Waals surface area contributed by atoms with Crippen molar-refractivity contribution >= 4 is 66.4 Å². The van der Waals surface area contributed by atoms with Crippen molar-refractivity contribution in [3.8, 4) is 34.4 Å². The smallest absolute Gasteiger partial charge is 0.0991 e. The molecule has 0 heterocycles. The minimum Gasteiger partial charge on any atom is -0.310 e. The third-order valence-electron chi connectivity index (χ3n) is 13.6. The third kappa shape index (κ3) is 7.89. The fourth-order valence-electron chi connectivity index (χ4n) is 9.72. The molecule has 330 valence electrons. The van der Waals surface area contributed by atoms with E-state index in [1.54, 1.807) is 0 Å². The van der Waals surface area contributed by atoms with E-state index in [2.05, 4.69) is 235 Å². The van der Waals surface area contributed by atoms with Crippen molar-refractivity contribution in [1.29, 1.82) is 10.5 Å². The Bertz CT molecular complexity index is 3320. The van der Waals surface area contributed by atoms with E-state index in [-0.39, 0.29) is 10.8 Å². The van der Waals surface area contributed by atoms with Crippen LogP contribution in [0.25, 0.3) is 54.6 Å². The van der Waals surface area contributed by atoms with Gasteiger partial charge in [-0.05, 0) is 154 Å². The summed E-state index contributed by atoms with van der Waals surface area (Å²) < 4.78 is 0. The first-order valence-corrected chi connectivity index (χ1v) is 23.4. The zero-order chi connectivity index (χ0) is 47.5. The lowest BCUT2D eigenvalue weighted by atomic mass is 9.84. The molecule has 0 aromatic heterocycles. The van der Waals surface area contributed by atoms with Gasteiger partial charge in [-0.15, -0.1) is 0 Å². The van der Waals surface area contributed by atoms with Gasteiger partial charge in [0.1, 0.15) is 0 Å². The molecule has 0 spiro atoms. The van der Waals surface area contributed by atoms with E-state index in [0.717, 1.165) is 88.7 Å². The molecule has 0 aliphatic carbocycles. The van der Waals surface area contributed by atoms with Crippen molar-refractivity contribution in [3.05, 3.63) is 215 Å². The van der Waals surface area contributed by atoms with Gasteiger partial charge >= 0.3 is 0 Å². The highest BCUT2D eigenvalue weighted by molar-refractivity contribution is 6.32. The maximum Gasteiger partial charge on any atom is 0.0991 e. The van der Waals surface area contributed by atoms with Crippen LogP contribution >= 0.6 is 0 Å². The highest BCUT2D eigenvalue weighted by Gasteiger charge is 2.27. The molecule has 0 aliphatic heterocycles. The van der Waals surface area contributed by atoms with E-state index in [4.69, 9.17) is 0 Å². The first kappa shape index (κ1) is 43.7. The Balaban J connectivity index is 1.36. The molecule has 0 amide bonds. The van der Waals surface area contributed by atoms with Gasteiger partial charge in [-0.1, -0.05) is 150 Å². The number of nitriles is 2. The monoisotopic (exact) mass is 878 g/mol. The van der Waals surface area contributed by atoms with Crippen LogP contribution in [0.5, 0.6) is 0 Å². The first-order valence-electron chi connectivity index (χ1n) is 23.4. The molecule has 0 unspecified atom stereocenters. The molecule has 0 atom stereocenters. The molecule has 0 aliphatic rings. The average molecular weight is 879 g/mol. The number of benzene rings is 10. The van der Waals surface area contributed by atoms with Crippen molar-refractivity contribution in [3.63, 3.8) is 0 Å². The highest BCUT2D eigenvalue weighted by Crippen LogP contribution is 2.52. The summed E-state index contributed by atoms with van der Waals surface area (Å²) in [6.07, 6.45) is 0. The molecule has 4 heteroatoms. The summed E-state index contributed by atoms with van der Waals surface area (Å²) in [5.74, 6) is 0. The Morgan fingerprint density at radius 2 is 0.647 bits per heavy atom. The van der Waals surface area contributed by atoms with Crippen molar-refractivity contribution in [2.24, 2.45) is 0 Å². The Hall–Kier alpha value is -8.18. The van der Waals surface area contributed by atoms with Gasteiger partial charge in [-0.3, -0.25) is 0 Å². The van der Waals surface area contributed by atoms with Gasteiger partial charge < -0.3 is 9.80 Å². The second-order valence-corrected chi connectivity index (χ2v) is 20.3. The fourth-order valence-corrected chi connectivity index (χ4v) is 9.72. The third-order valence-corrected chi connectivity index (χ3v) is 13.6. The summed E-state index contributed by atoms with van der Waals surface area (Å²) in [6.45, 7) is 17.8. The first-order chi connectivity index (χ1) is 32.7. The number of hydrogen-bond acceptors (Lipinski definition) is 4. The van der Waals surface area contributed by atoms with Crippen molar-refractivity contribution in [2.75, 3.05) is 9.80 Å². The molecule has 0 N–H and O–H groups in total. The summed E-state index contributed by atoms with van der Waals surface area (Å²) in [5, 5.41) is 26.6. The molecular weight excluding hydrogens is 825 g/mol. The van der Waals surface area contributed by atoms with E-state index < -0.39 is 0 Å². The van der Waals surface area contributed by atoms with Gasteiger partial charge in [-0.2, -0.15) is 10.5 Å². The lowest BCUT2D eigenvalue weighted by molar-refractivity contribution is 0.590. The zero-order valence-electron chi connectivity index (χ0n) is 40.1. The lowest BCUT2D eigenvalue weighted by Crippen LogP contribution is -2.14. The van der Waals surface area contributed by atoms with Crippen LogP contribution in [0, 0.1) is 36.5 Å². The van der Waals surface area contributed by atoms with Crippen LogP contribution in [0.4, 0.5) is 34.1 Å². The van der Waals surface area contributed by atoms with Crippen molar-refractivity contribution in [1.82, 2.24) is 0 Å². The van der Waals surface area contributed by atoms with Gasteiger partial charge in [-0.25, -0.2) is 0 Å². The lowest BCUT2D eigenvalue weighted by Gasteiger charge is -2.31. The Labute approximate surface area is 400 Å². The molecule has 0 bridgehead atoms. The minimum absolute atomic E-state index is 0.00555. The second kappa shape index (κ2) is 16.9. The predicted molar refractivity (Wildman–Crippen MR) is 287 cm³/mol. The standard InChI is InChI=1S/C64H54N4/c1-41-9-25-49(26-10-41)67(51-29-21-47(22-30-51)63(3,4)5)59-37-57(45-17-13-43(39-65)14-18-45)53-34-36-56-60(68(50-27-11-42(2)12-28-50)52-31-23-48(24-32-52)64(6,7)8)38-58(46-19-15-44(40-66)16-20-46)54-33-35-55(59)61(53)62(54)56/h9-38H,1-8H3. The topological polar surface area (TPSA) is 54.1 Å². The minimum atomic E-state index is -0.00555. The van der Waals surface area contributed by atoms with Gasteiger partial charge in [0.2, 0.25) is 0 Å². The molecule has 0 saturated carbocycles. The van der Waals surface area contributed by atoms with Gasteiger partial charge in [0, 0.05) is 44.3 Å². The summed E-state index contributed by atoms with van der Waals surface area (Å²) >= 11 is 0. The summed E-state index contributed by atoms with van der Waals surface area (Å²) in [7, 11) is 0. The molecule has 4 nitrogen and oxygen atoms in total. The maximum atomic E-state index is 9.89. The van der Waals surface area contributed by atoms with E-state index in [1.807, 2.05) is 24.3 Å². The van der Waals surface area contributed by atoms with Crippen LogP contribution in [0.3, 0.4) is 0 Å². The van der Waals surface area contributed by atoms with Crippen LogP contribution in [-0.4, -0.2) is 0 Å². The maximum absolute atomic E-state index is 9.89. The number of nitrogens with zero attached hydrogens (tertiary/aromatic N) is 4. The molecule has 0 radical (unpaired) electrons. The number of hydrogen-bond donors (Lipinski definition) is 0. The molecule has 10 aromatic rings. The van der Waals surface area contributed by atoms with Crippen molar-refractivity contribution in [2.45, 2.75) is 66.2 Å². The molecule has 68 heavy (non-hydrogen) atoms. The van der Waals surface area contributed by atoms with Crippen molar-refractivity contribution < 1.29 is 0 Å². The fraction of sp³-hybridized carbons (Fsp3) is 0.156. The molecule has 0 fully saturated rings. The predicted octanol–water partition coefficient (Wildman–Crippen LogP) is 17.8. The van der Waals surface area contributed by atoms with Crippen LogP contribution in [0.15, 0.2) is 182 Å². The molecule has 0 saturated heterocycles. The second-order valence-electron chi connectivity index (χ2n) is 20.3. The Morgan fingerprint density at radius 1 is 0.353 bits per heavy atom. The molecule has 10 aromatic carbocycles. The van der Waals surface area contributed by atoms with Gasteiger partial charge in [0.15, 0.2) is 0 Å². The number of rotatable bonds is 8. The Morgan fingerprint density at radius 3 is 0.941 bits per heavy atom. The van der Waals surface area contributed by atoms with Crippen LogP contribution in [0.1, 0.15) is 74.9 Å². The summed E-state index contributed by atoms with van der Waals surface area (Å²) in [6, 6.07) is 70.3. The quantitative estimate of drug-likeness (QED) is 0.143. The highest BCUT2D eigenvalue weighted by atomic mass is 15.1. The van der Waals surface area contributed by atoms with Gasteiger partial charge in [0.25, 0.3) is 0 Å². The van der Waals surface area contributed by atoms with E-state index in [1.165, 1.54) is 22.3 Å². The number of anilines is 6. The summed E-state index contributed by atoms with van der Waals surface area (Å²) in [4.78, 5) is 4.81. The van der Waals surface area contributed by atoms with E-state index in [0.29, 0.717) is 11.1 Å². The SMILES string of the molecule is Cc1ccc(N(c2ccc(C(C)(C)C)cc2)c2cc(-c3ccc(C#N)cc3)c3ccc4c(N(c5ccc(C)cc5)c5ccc(C(C)(C)C)cc5)cc(-c5ccc(C#N)cc5)c5ccc2c3c54)cc1. The largest absolute Gasteiger partial charge is 0.310 e. The summed E-state index contributed by atoms with van der Waals surface area (Å²) in [5.41, 5.74) is 16.7. The Kier molecular flexibility index (Phi) is 10.9. The number of aryl methyl sites for hydroxylation is 2. The normalized spacial score (nSPS) is 11.8. The van der Waals surface area contributed by atoms with Gasteiger partial charge in [0.05, 0.1) is 34.6 Å². The van der Waals surface area contributed by atoms with Crippen LogP contribution in [0.2, 0.25) is 0 Å². The molecular formula is C64H54N4. The average Bonchev–Trinajstić information content (AvgIpc) is 3.35. The zero-order valence-corrected chi connectivity index (χ0v) is 40.1. The van der Waals surface area contributed by atoms with E-state index in [9.17, 15) is 10.5 Å².